The number of nitrogens with zero attached hydrogens (tertiary/aromatic N) is 1. The van der Waals surface area contributed by atoms with Crippen molar-refractivity contribution in [3.63, 3.8) is 0 Å². The van der Waals surface area contributed by atoms with Crippen LogP contribution in [-0.4, -0.2) is 30.0 Å². The molecule has 0 fully saturated rings. The van der Waals surface area contributed by atoms with Crippen LogP contribution in [0.5, 0.6) is 0 Å². The zero-order valence-corrected chi connectivity index (χ0v) is 12.7. The minimum absolute atomic E-state index is 0.000178. The first kappa shape index (κ1) is 15.6. The van der Waals surface area contributed by atoms with Crippen LogP contribution in [0.3, 0.4) is 0 Å². The largest absolute Gasteiger partial charge is 0.467 e. The lowest BCUT2D eigenvalue weighted by molar-refractivity contribution is -0.144. The lowest BCUT2D eigenvalue weighted by Crippen LogP contribution is -2.45. The number of methoxy groups -OCH3 is 1. The molecule has 0 spiro atoms. The molecule has 5 nitrogen and oxygen atoms in total. The summed E-state index contributed by atoms with van der Waals surface area (Å²) >= 11 is 3.20. The normalized spacial score (nSPS) is 13.5. The number of rotatable bonds is 5. The summed E-state index contributed by atoms with van der Waals surface area (Å²) in [6, 6.07) is 2.66. The highest BCUT2D eigenvalue weighted by Crippen LogP contribution is 2.11. The predicted molar refractivity (Wildman–Crippen MR) is 74.7 cm³/mol. The molecule has 0 aliphatic carbocycles. The molecule has 1 rings (SSSR count). The van der Waals surface area contributed by atoms with E-state index in [1.54, 1.807) is 12.1 Å². The number of esters is 1. The monoisotopic (exact) mass is 328 g/mol. The SMILES string of the molecule is CCC(C)C(NC(=O)c1ccc(Br)nc1)C(=O)OC. The Hall–Kier alpha value is -1.43. The van der Waals surface area contributed by atoms with Gasteiger partial charge in [-0.15, -0.1) is 0 Å². The maximum atomic E-state index is 12.0. The van der Waals surface area contributed by atoms with Crippen molar-refractivity contribution in [1.82, 2.24) is 10.3 Å². The van der Waals surface area contributed by atoms with Gasteiger partial charge in [-0.1, -0.05) is 20.3 Å². The first-order valence-electron chi connectivity index (χ1n) is 5.99. The van der Waals surface area contributed by atoms with E-state index in [9.17, 15) is 9.59 Å². The molecule has 104 valence electrons. The van der Waals surface area contributed by atoms with Gasteiger partial charge >= 0.3 is 5.97 Å². The third kappa shape index (κ3) is 4.31. The van der Waals surface area contributed by atoms with Gasteiger partial charge in [-0.05, 0) is 34.0 Å². The standard InChI is InChI=1S/C13H17BrN2O3/c1-4-8(2)11(13(18)19-3)16-12(17)9-5-6-10(14)15-7-9/h5-8,11H,4H2,1-3H3,(H,16,17). The molecule has 1 aromatic rings. The van der Waals surface area contributed by atoms with Crippen molar-refractivity contribution in [2.75, 3.05) is 7.11 Å². The Labute approximate surface area is 120 Å². The molecule has 0 saturated heterocycles. The van der Waals surface area contributed by atoms with E-state index >= 15 is 0 Å². The van der Waals surface area contributed by atoms with E-state index in [2.05, 4.69) is 26.2 Å². The summed E-state index contributed by atoms with van der Waals surface area (Å²) in [5.41, 5.74) is 0.403. The van der Waals surface area contributed by atoms with E-state index in [4.69, 9.17) is 4.74 Å². The molecule has 2 atom stereocenters. The van der Waals surface area contributed by atoms with E-state index in [1.807, 2.05) is 13.8 Å². The van der Waals surface area contributed by atoms with Gasteiger partial charge in [0.1, 0.15) is 10.6 Å². The molecule has 2 unspecified atom stereocenters. The summed E-state index contributed by atoms with van der Waals surface area (Å²) < 4.78 is 5.36. The molecule has 19 heavy (non-hydrogen) atoms. The number of carbonyl (C=O) groups is 2. The van der Waals surface area contributed by atoms with Crippen molar-refractivity contribution in [1.29, 1.82) is 0 Å². The molecule has 0 aliphatic rings. The fraction of sp³-hybridized carbons (Fsp3) is 0.462. The van der Waals surface area contributed by atoms with Crippen LogP contribution in [0.25, 0.3) is 0 Å². The molecular weight excluding hydrogens is 312 g/mol. The van der Waals surface area contributed by atoms with E-state index in [1.165, 1.54) is 13.3 Å². The molecular formula is C13H17BrN2O3. The number of amides is 1. The first-order chi connectivity index (χ1) is 8.99. The summed E-state index contributed by atoms with van der Waals surface area (Å²) in [5.74, 6) is -0.775. The van der Waals surface area contributed by atoms with E-state index in [0.717, 1.165) is 6.42 Å². The third-order valence-electron chi connectivity index (χ3n) is 2.94. The highest BCUT2D eigenvalue weighted by Gasteiger charge is 2.27. The molecule has 1 N–H and O–H groups in total. The number of ether oxygens (including phenoxy) is 1. The highest BCUT2D eigenvalue weighted by molar-refractivity contribution is 9.10. The molecule has 0 aromatic carbocycles. The Morgan fingerprint density at radius 1 is 1.47 bits per heavy atom. The molecule has 0 aliphatic heterocycles. The Kier molecular flexibility index (Phi) is 5.95. The predicted octanol–water partition coefficient (Wildman–Crippen LogP) is 2.16. The minimum Gasteiger partial charge on any atom is -0.467 e. The van der Waals surface area contributed by atoms with Gasteiger partial charge in [-0.25, -0.2) is 9.78 Å². The summed E-state index contributed by atoms with van der Waals surface area (Å²) in [6.45, 7) is 3.84. The van der Waals surface area contributed by atoms with E-state index in [-0.39, 0.29) is 11.8 Å². The van der Waals surface area contributed by atoms with Crippen LogP contribution < -0.4 is 5.32 Å². The quantitative estimate of drug-likeness (QED) is 0.664. The van der Waals surface area contributed by atoms with Gasteiger partial charge in [0.05, 0.1) is 12.7 Å². The van der Waals surface area contributed by atoms with Gasteiger partial charge in [0, 0.05) is 6.20 Å². The fourth-order valence-electron chi connectivity index (χ4n) is 1.53. The molecule has 1 aromatic heterocycles. The average Bonchev–Trinajstić information content (AvgIpc) is 2.43. The summed E-state index contributed by atoms with van der Waals surface area (Å²) in [7, 11) is 1.31. The van der Waals surface area contributed by atoms with Crippen LogP contribution in [0.15, 0.2) is 22.9 Å². The van der Waals surface area contributed by atoms with Gasteiger partial charge in [-0.2, -0.15) is 0 Å². The number of nitrogens with one attached hydrogen (secondary N) is 1. The van der Waals surface area contributed by atoms with Gasteiger partial charge in [0.15, 0.2) is 0 Å². The summed E-state index contributed by atoms with van der Waals surface area (Å²) in [5, 5.41) is 2.69. The van der Waals surface area contributed by atoms with E-state index in [0.29, 0.717) is 10.2 Å². The minimum atomic E-state index is -0.647. The number of halogens is 1. The van der Waals surface area contributed by atoms with Crippen LogP contribution in [0, 0.1) is 5.92 Å². The highest BCUT2D eigenvalue weighted by atomic mass is 79.9. The van der Waals surface area contributed by atoms with Crippen LogP contribution in [0.2, 0.25) is 0 Å². The second-order valence-electron chi connectivity index (χ2n) is 4.23. The Morgan fingerprint density at radius 3 is 2.63 bits per heavy atom. The number of hydrogen-bond acceptors (Lipinski definition) is 4. The van der Waals surface area contributed by atoms with Crippen LogP contribution in [0.4, 0.5) is 0 Å². The van der Waals surface area contributed by atoms with Gasteiger partial charge in [0.2, 0.25) is 0 Å². The van der Waals surface area contributed by atoms with Crippen molar-refractivity contribution >= 4 is 27.8 Å². The van der Waals surface area contributed by atoms with Gasteiger partial charge in [-0.3, -0.25) is 4.79 Å². The molecule has 0 bridgehead atoms. The third-order valence-corrected chi connectivity index (χ3v) is 3.41. The number of aromatic nitrogens is 1. The lowest BCUT2D eigenvalue weighted by atomic mass is 9.99. The molecule has 1 heterocycles. The lowest BCUT2D eigenvalue weighted by Gasteiger charge is -2.21. The first-order valence-corrected chi connectivity index (χ1v) is 6.79. The number of hydrogen-bond donors (Lipinski definition) is 1. The second-order valence-corrected chi connectivity index (χ2v) is 5.04. The maximum Gasteiger partial charge on any atom is 0.328 e. The molecule has 1 amide bonds. The molecule has 0 saturated carbocycles. The number of carbonyl (C=O) groups excluding carboxylic acids is 2. The van der Waals surface area contributed by atoms with Gasteiger partial charge in [0.25, 0.3) is 5.91 Å². The zero-order chi connectivity index (χ0) is 14.4. The Bertz CT molecular complexity index is 448. The van der Waals surface area contributed by atoms with E-state index < -0.39 is 12.0 Å². The second kappa shape index (κ2) is 7.23. The Balaban J connectivity index is 2.81. The maximum absolute atomic E-state index is 12.0. The van der Waals surface area contributed by atoms with Crippen LogP contribution >= 0.6 is 15.9 Å². The molecule has 0 radical (unpaired) electrons. The number of pyridine rings is 1. The van der Waals surface area contributed by atoms with Crippen molar-refractivity contribution in [3.8, 4) is 0 Å². The van der Waals surface area contributed by atoms with Crippen molar-refractivity contribution in [3.05, 3.63) is 28.5 Å². The fourth-order valence-corrected chi connectivity index (χ4v) is 1.77. The van der Waals surface area contributed by atoms with Crippen molar-refractivity contribution < 1.29 is 14.3 Å². The average molecular weight is 329 g/mol. The Morgan fingerprint density at radius 2 is 2.16 bits per heavy atom. The van der Waals surface area contributed by atoms with Crippen molar-refractivity contribution in [2.45, 2.75) is 26.3 Å². The summed E-state index contributed by atoms with van der Waals surface area (Å²) in [4.78, 5) is 27.7. The van der Waals surface area contributed by atoms with Crippen molar-refractivity contribution in [2.24, 2.45) is 5.92 Å². The topological polar surface area (TPSA) is 68.3 Å². The van der Waals surface area contributed by atoms with Gasteiger partial charge < -0.3 is 10.1 Å². The van der Waals surface area contributed by atoms with Crippen LogP contribution in [-0.2, 0) is 9.53 Å². The molecule has 6 heteroatoms. The summed E-state index contributed by atoms with van der Waals surface area (Å²) in [6.07, 6.45) is 2.21. The van der Waals surface area contributed by atoms with Crippen LogP contribution in [0.1, 0.15) is 30.6 Å². The smallest absolute Gasteiger partial charge is 0.328 e. The zero-order valence-electron chi connectivity index (χ0n) is 11.1.